The van der Waals surface area contributed by atoms with Crippen LogP contribution in [0.15, 0.2) is 64.1 Å². The van der Waals surface area contributed by atoms with Crippen LogP contribution in [0.25, 0.3) is 11.3 Å². The predicted octanol–water partition coefficient (Wildman–Crippen LogP) is 4.94. The zero-order valence-corrected chi connectivity index (χ0v) is 20.7. The summed E-state index contributed by atoms with van der Waals surface area (Å²) in [5.41, 5.74) is 3.89. The van der Waals surface area contributed by atoms with Gasteiger partial charge in [-0.1, -0.05) is 49.2 Å². The fourth-order valence-electron chi connectivity index (χ4n) is 3.09. The SMILES string of the molecule is COC(=O)c1ccc(-c2ccc(/C=N/NC(=O)C(NC(=O)c3ccc(Cl)c(Cl)c3)C(C)C)o2)cc1. The molecule has 35 heavy (non-hydrogen) atoms. The van der Waals surface area contributed by atoms with E-state index in [0.29, 0.717) is 22.1 Å². The smallest absolute Gasteiger partial charge is 0.337 e. The molecule has 3 aromatic rings. The maximum atomic E-state index is 12.6. The van der Waals surface area contributed by atoms with Crippen LogP contribution in [0, 0.1) is 5.92 Å². The lowest BCUT2D eigenvalue weighted by Crippen LogP contribution is -2.48. The predicted molar refractivity (Wildman–Crippen MR) is 134 cm³/mol. The third-order valence-electron chi connectivity index (χ3n) is 5.00. The summed E-state index contributed by atoms with van der Waals surface area (Å²) < 4.78 is 10.4. The molecule has 0 saturated heterocycles. The largest absolute Gasteiger partial charge is 0.465 e. The van der Waals surface area contributed by atoms with Crippen molar-refractivity contribution in [3.63, 3.8) is 0 Å². The number of carbonyl (C=O) groups excluding carboxylic acids is 3. The highest BCUT2D eigenvalue weighted by molar-refractivity contribution is 6.42. The number of halogens is 2. The molecule has 0 aliphatic rings. The van der Waals surface area contributed by atoms with E-state index in [9.17, 15) is 14.4 Å². The minimum absolute atomic E-state index is 0.208. The first-order valence-electron chi connectivity index (χ1n) is 10.6. The van der Waals surface area contributed by atoms with Crippen molar-refractivity contribution in [3.8, 4) is 11.3 Å². The van der Waals surface area contributed by atoms with E-state index >= 15 is 0 Å². The summed E-state index contributed by atoms with van der Waals surface area (Å²) in [6.45, 7) is 3.60. The summed E-state index contributed by atoms with van der Waals surface area (Å²) in [6, 6.07) is 13.8. The zero-order valence-electron chi connectivity index (χ0n) is 19.2. The Hall–Kier alpha value is -3.62. The highest BCUT2D eigenvalue weighted by Crippen LogP contribution is 2.23. The molecule has 8 nitrogen and oxygen atoms in total. The molecule has 0 saturated carbocycles. The number of methoxy groups -OCH3 is 1. The van der Waals surface area contributed by atoms with Crippen LogP contribution in [0.3, 0.4) is 0 Å². The molecule has 0 aliphatic carbocycles. The summed E-state index contributed by atoms with van der Waals surface area (Å²) >= 11 is 11.9. The molecule has 1 aromatic heterocycles. The van der Waals surface area contributed by atoms with Crippen LogP contribution in [0.1, 0.15) is 40.3 Å². The topological polar surface area (TPSA) is 110 Å². The van der Waals surface area contributed by atoms with Crippen LogP contribution in [0.4, 0.5) is 0 Å². The summed E-state index contributed by atoms with van der Waals surface area (Å²) in [4.78, 5) is 36.8. The molecule has 1 unspecified atom stereocenters. The van der Waals surface area contributed by atoms with E-state index in [0.717, 1.165) is 5.56 Å². The first kappa shape index (κ1) is 26.0. The fraction of sp³-hybridized carbons (Fsp3) is 0.200. The van der Waals surface area contributed by atoms with Crippen molar-refractivity contribution >= 4 is 47.2 Å². The van der Waals surface area contributed by atoms with Crippen molar-refractivity contribution in [2.75, 3.05) is 7.11 Å². The van der Waals surface area contributed by atoms with Crippen molar-refractivity contribution in [3.05, 3.63) is 81.5 Å². The second kappa shape index (κ2) is 11.7. The molecule has 0 fully saturated rings. The molecule has 0 radical (unpaired) electrons. The number of esters is 1. The number of nitrogens with one attached hydrogen (secondary N) is 2. The number of ether oxygens (including phenoxy) is 1. The van der Waals surface area contributed by atoms with Crippen molar-refractivity contribution in [1.29, 1.82) is 0 Å². The second-order valence-electron chi connectivity index (χ2n) is 7.83. The first-order valence-corrected chi connectivity index (χ1v) is 11.3. The van der Waals surface area contributed by atoms with E-state index in [4.69, 9.17) is 27.6 Å². The summed E-state index contributed by atoms with van der Waals surface area (Å²) in [7, 11) is 1.32. The van der Waals surface area contributed by atoms with Crippen molar-refractivity contribution < 1.29 is 23.5 Å². The molecule has 0 bridgehead atoms. The number of benzene rings is 2. The van der Waals surface area contributed by atoms with Gasteiger partial charge in [0.15, 0.2) is 0 Å². The quantitative estimate of drug-likeness (QED) is 0.250. The van der Waals surface area contributed by atoms with Gasteiger partial charge < -0.3 is 14.5 Å². The molecule has 0 spiro atoms. The maximum absolute atomic E-state index is 12.6. The average Bonchev–Trinajstić information content (AvgIpc) is 3.32. The summed E-state index contributed by atoms with van der Waals surface area (Å²) in [6.07, 6.45) is 1.35. The molecular formula is C25H23Cl2N3O5. The second-order valence-corrected chi connectivity index (χ2v) is 8.64. The van der Waals surface area contributed by atoms with Crippen LogP contribution in [-0.4, -0.2) is 37.1 Å². The monoisotopic (exact) mass is 515 g/mol. The van der Waals surface area contributed by atoms with Gasteiger partial charge in [-0.05, 0) is 48.4 Å². The van der Waals surface area contributed by atoms with E-state index < -0.39 is 23.8 Å². The lowest BCUT2D eigenvalue weighted by Gasteiger charge is -2.20. The first-order chi connectivity index (χ1) is 16.7. The van der Waals surface area contributed by atoms with Gasteiger partial charge in [-0.25, -0.2) is 10.2 Å². The number of hydrogen-bond donors (Lipinski definition) is 2. The van der Waals surface area contributed by atoms with Crippen LogP contribution in [0.2, 0.25) is 10.0 Å². The molecule has 2 N–H and O–H groups in total. The number of furan rings is 1. The Morgan fingerprint density at radius 2 is 1.66 bits per heavy atom. The Labute approximate surface area is 212 Å². The normalized spacial score (nSPS) is 11.9. The molecule has 10 heteroatoms. The molecule has 2 aromatic carbocycles. The Bertz CT molecular complexity index is 1250. The lowest BCUT2D eigenvalue weighted by molar-refractivity contribution is -0.123. The van der Waals surface area contributed by atoms with Gasteiger partial charge in [0.2, 0.25) is 0 Å². The van der Waals surface area contributed by atoms with Crippen LogP contribution < -0.4 is 10.7 Å². The number of hydrazone groups is 1. The van der Waals surface area contributed by atoms with Gasteiger partial charge >= 0.3 is 5.97 Å². The van der Waals surface area contributed by atoms with E-state index in [1.807, 2.05) is 0 Å². The van der Waals surface area contributed by atoms with Crippen molar-refractivity contribution in [2.24, 2.45) is 11.0 Å². The number of carbonyl (C=O) groups is 3. The van der Waals surface area contributed by atoms with Gasteiger partial charge in [-0.2, -0.15) is 5.10 Å². The number of rotatable bonds is 8. The summed E-state index contributed by atoms with van der Waals surface area (Å²) in [5.74, 6) is -0.626. The van der Waals surface area contributed by atoms with Gasteiger partial charge in [-0.15, -0.1) is 0 Å². The lowest BCUT2D eigenvalue weighted by atomic mass is 10.0. The maximum Gasteiger partial charge on any atom is 0.337 e. The molecular weight excluding hydrogens is 493 g/mol. The Kier molecular flexibility index (Phi) is 8.68. The van der Waals surface area contributed by atoms with E-state index in [-0.39, 0.29) is 16.5 Å². The molecule has 3 rings (SSSR count). The molecule has 182 valence electrons. The van der Waals surface area contributed by atoms with Crippen LogP contribution in [-0.2, 0) is 9.53 Å². The van der Waals surface area contributed by atoms with Gasteiger partial charge in [0.25, 0.3) is 11.8 Å². The molecule has 0 aliphatic heterocycles. The minimum Gasteiger partial charge on any atom is -0.465 e. The molecule has 1 heterocycles. The number of nitrogens with zero attached hydrogens (tertiary/aromatic N) is 1. The van der Waals surface area contributed by atoms with E-state index in [1.54, 1.807) is 50.2 Å². The van der Waals surface area contributed by atoms with Crippen LogP contribution in [0.5, 0.6) is 0 Å². The Morgan fingerprint density at radius 3 is 2.29 bits per heavy atom. The highest BCUT2D eigenvalue weighted by atomic mass is 35.5. The third kappa shape index (κ3) is 6.71. The number of amides is 2. The van der Waals surface area contributed by atoms with Crippen molar-refractivity contribution in [2.45, 2.75) is 19.9 Å². The zero-order chi connectivity index (χ0) is 25.5. The third-order valence-corrected chi connectivity index (χ3v) is 5.74. The van der Waals surface area contributed by atoms with Crippen LogP contribution >= 0.6 is 23.2 Å². The van der Waals surface area contributed by atoms with Gasteiger partial charge in [0.1, 0.15) is 17.6 Å². The van der Waals surface area contributed by atoms with E-state index in [1.165, 1.54) is 31.5 Å². The van der Waals surface area contributed by atoms with Gasteiger partial charge in [0, 0.05) is 11.1 Å². The summed E-state index contributed by atoms with van der Waals surface area (Å²) in [5, 5.41) is 7.19. The minimum atomic E-state index is -0.838. The molecule has 1 atom stereocenters. The Balaban J connectivity index is 1.62. The highest BCUT2D eigenvalue weighted by Gasteiger charge is 2.24. The van der Waals surface area contributed by atoms with E-state index in [2.05, 4.69) is 20.6 Å². The fourth-order valence-corrected chi connectivity index (χ4v) is 3.39. The average molecular weight is 516 g/mol. The van der Waals surface area contributed by atoms with Gasteiger partial charge in [0.05, 0.1) is 28.9 Å². The van der Waals surface area contributed by atoms with Crippen molar-refractivity contribution in [1.82, 2.24) is 10.7 Å². The standard InChI is InChI=1S/C25H23Cl2N3O5/c1-14(2)22(29-23(31)17-8-10-19(26)20(27)12-17)24(32)30-28-13-18-9-11-21(35-18)15-4-6-16(7-5-15)25(33)34-3/h4-14,22H,1-3H3,(H,29,31)(H,30,32)/b28-13+. The molecule has 2 amide bonds. The number of hydrogen-bond acceptors (Lipinski definition) is 6. The Morgan fingerprint density at radius 1 is 0.971 bits per heavy atom. The van der Waals surface area contributed by atoms with Gasteiger partial charge in [-0.3, -0.25) is 9.59 Å².